The maximum Gasteiger partial charge on any atom is 0.472 e. The van der Waals surface area contributed by atoms with Crippen molar-refractivity contribution in [2.45, 2.75) is 341 Å². The molecule has 0 radical (unpaired) electrons. The molecule has 0 saturated heterocycles. The minimum absolute atomic E-state index is 0.0640. The molecule has 0 aromatic rings. The number of nitrogens with zero attached hydrogens (tertiary/aromatic N) is 1. The van der Waals surface area contributed by atoms with Gasteiger partial charge >= 0.3 is 7.82 Å². The lowest BCUT2D eigenvalue weighted by Crippen LogP contribution is -2.45. The second-order valence-electron chi connectivity index (χ2n) is 23.5. The van der Waals surface area contributed by atoms with Gasteiger partial charge in [0.1, 0.15) is 13.2 Å². The number of carbonyl (C=O) groups excluding carboxylic acids is 1. The highest BCUT2D eigenvalue weighted by molar-refractivity contribution is 7.47. The van der Waals surface area contributed by atoms with E-state index in [2.05, 4.69) is 31.3 Å². The molecule has 0 spiro atoms. The van der Waals surface area contributed by atoms with E-state index < -0.39 is 20.0 Å². The SMILES string of the molecule is CCCCCCCCCCCCCCCC/C=C\CCCCCCCCCCCCCCCCCCCC(=O)NC(COP(=O)(O)OCC[N+](C)(C)C)C(O)/C=C/CCCCCCCCCCCCCCCC. The molecule has 0 aromatic carbocycles. The van der Waals surface area contributed by atoms with Crippen LogP contribution < -0.4 is 5.32 Å². The zero-order valence-electron chi connectivity index (χ0n) is 49.7. The largest absolute Gasteiger partial charge is 0.472 e. The number of amides is 1. The van der Waals surface area contributed by atoms with Crippen molar-refractivity contribution in [3.05, 3.63) is 24.3 Å². The van der Waals surface area contributed by atoms with Crippen molar-refractivity contribution < 1.29 is 32.9 Å². The molecule has 0 fully saturated rings. The summed E-state index contributed by atoms with van der Waals surface area (Å²) in [4.78, 5) is 23.3. The van der Waals surface area contributed by atoms with E-state index in [9.17, 15) is 19.4 Å². The van der Waals surface area contributed by atoms with Crippen LogP contribution in [0.3, 0.4) is 0 Å². The number of nitrogens with one attached hydrogen (secondary N) is 1. The quantitative estimate of drug-likeness (QED) is 0.0243. The maximum atomic E-state index is 13.0. The number of rotatable bonds is 60. The van der Waals surface area contributed by atoms with Crippen molar-refractivity contribution >= 4 is 13.7 Å². The van der Waals surface area contributed by atoms with Crippen LogP contribution in [0.15, 0.2) is 24.3 Å². The number of hydrogen-bond donors (Lipinski definition) is 3. The van der Waals surface area contributed by atoms with Crippen molar-refractivity contribution in [3.63, 3.8) is 0 Å². The van der Waals surface area contributed by atoms with Crippen LogP contribution >= 0.6 is 7.82 Å². The number of aliphatic hydroxyl groups excluding tert-OH is 1. The standard InChI is InChI=1S/C64H127N2O6P/c1-6-8-10-12-14-16-18-20-22-24-25-26-27-28-29-30-31-32-33-34-35-36-37-38-39-40-41-42-44-46-48-50-52-54-56-58-64(68)65-62(61-72-73(69,70)71-60-59-66(3,4)5)63(67)57-55-53-51-49-47-45-43-23-21-19-17-15-13-11-9-7-2/h30-31,55,57,62-63,67H,6-29,32-54,56,58-61H2,1-5H3,(H-,65,68,69,70)/p+1/b31-30-,57-55+. The average molecular weight is 1050 g/mol. The summed E-state index contributed by atoms with van der Waals surface area (Å²) in [7, 11) is 1.59. The number of quaternary nitrogens is 1. The fourth-order valence-electron chi connectivity index (χ4n) is 9.86. The fourth-order valence-corrected chi connectivity index (χ4v) is 10.6. The average Bonchev–Trinajstić information content (AvgIpc) is 3.35. The van der Waals surface area contributed by atoms with E-state index in [1.165, 1.54) is 270 Å². The van der Waals surface area contributed by atoms with Gasteiger partial charge in [-0.15, -0.1) is 0 Å². The Kier molecular flexibility index (Phi) is 54.9. The van der Waals surface area contributed by atoms with Gasteiger partial charge in [-0.05, 0) is 44.9 Å². The molecule has 3 N–H and O–H groups in total. The van der Waals surface area contributed by atoms with Crippen LogP contribution in [0.4, 0.5) is 0 Å². The topological polar surface area (TPSA) is 105 Å². The Labute approximate surface area is 455 Å². The second kappa shape index (κ2) is 55.7. The van der Waals surface area contributed by atoms with Crippen molar-refractivity contribution in [2.24, 2.45) is 0 Å². The smallest absolute Gasteiger partial charge is 0.387 e. The van der Waals surface area contributed by atoms with E-state index in [0.29, 0.717) is 17.4 Å². The molecule has 3 atom stereocenters. The van der Waals surface area contributed by atoms with Gasteiger partial charge in [-0.1, -0.05) is 301 Å². The van der Waals surface area contributed by atoms with Crippen molar-refractivity contribution in [1.82, 2.24) is 5.32 Å². The van der Waals surface area contributed by atoms with Gasteiger partial charge in [0.15, 0.2) is 0 Å². The van der Waals surface area contributed by atoms with Crippen molar-refractivity contribution in [2.75, 3.05) is 40.9 Å². The van der Waals surface area contributed by atoms with E-state index in [1.807, 2.05) is 27.2 Å². The maximum absolute atomic E-state index is 13.0. The van der Waals surface area contributed by atoms with Crippen LogP contribution in [-0.4, -0.2) is 73.4 Å². The summed E-state index contributed by atoms with van der Waals surface area (Å²) in [6.45, 7) is 4.86. The molecule has 0 heterocycles. The molecule has 0 aliphatic carbocycles. The Balaban J connectivity index is 3.97. The van der Waals surface area contributed by atoms with E-state index >= 15 is 0 Å². The molecule has 73 heavy (non-hydrogen) atoms. The van der Waals surface area contributed by atoms with Crippen LogP contribution in [0.5, 0.6) is 0 Å². The van der Waals surface area contributed by atoms with Crippen LogP contribution in [0.1, 0.15) is 328 Å². The van der Waals surface area contributed by atoms with E-state index in [0.717, 1.165) is 38.5 Å². The summed E-state index contributed by atoms with van der Waals surface area (Å²) >= 11 is 0. The van der Waals surface area contributed by atoms with E-state index in [4.69, 9.17) is 9.05 Å². The monoisotopic (exact) mass is 1050 g/mol. The van der Waals surface area contributed by atoms with Gasteiger partial charge in [0, 0.05) is 6.42 Å². The van der Waals surface area contributed by atoms with Crippen LogP contribution in [0, 0.1) is 0 Å². The van der Waals surface area contributed by atoms with Gasteiger partial charge in [0.05, 0.1) is 39.9 Å². The van der Waals surface area contributed by atoms with Crippen molar-refractivity contribution in [1.29, 1.82) is 0 Å². The zero-order valence-corrected chi connectivity index (χ0v) is 50.5. The first-order valence-electron chi connectivity index (χ1n) is 32.2. The summed E-state index contributed by atoms with van der Waals surface area (Å²) in [6.07, 6.45) is 71.7. The van der Waals surface area contributed by atoms with Gasteiger partial charge in [-0.25, -0.2) is 4.57 Å². The Morgan fingerprint density at radius 1 is 0.452 bits per heavy atom. The van der Waals surface area contributed by atoms with Gasteiger partial charge in [0.25, 0.3) is 0 Å². The molecule has 3 unspecified atom stereocenters. The Bertz CT molecular complexity index is 1240. The Morgan fingerprint density at radius 3 is 1.05 bits per heavy atom. The number of unbranched alkanes of at least 4 members (excludes halogenated alkanes) is 45. The van der Waals surface area contributed by atoms with E-state index in [1.54, 1.807) is 6.08 Å². The van der Waals surface area contributed by atoms with Crippen LogP contribution in [-0.2, 0) is 18.4 Å². The minimum Gasteiger partial charge on any atom is -0.387 e. The highest BCUT2D eigenvalue weighted by Crippen LogP contribution is 2.43. The number of carbonyl (C=O) groups is 1. The summed E-state index contributed by atoms with van der Waals surface area (Å²) in [5, 5.41) is 13.9. The number of aliphatic hydroxyl groups is 1. The number of phosphoric ester groups is 1. The molecule has 0 rings (SSSR count). The summed E-state index contributed by atoms with van der Waals surface area (Å²) in [6, 6.07) is -0.844. The van der Waals surface area contributed by atoms with Crippen LogP contribution in [0.25, 0.3) is 0 Å². The Morgan fingerprint density at radius 2 is 0.740 bits per heavy atom. The highest BCUT2D eigenvalue weighted by atomic mass is 31.2. The second-order valence-corrected chi connectivity index (χ2v) is 24.9. The number of allylic oxidation sites excluding steroid dienone is 3. The normalized spacial score (nSPS) is 13.9. The molecule has 0 saturated carbocycles. The molecule has 1 amide bonds. The molecule has 434 valence electrons. The van der Waals surface area contributed by atoms with Gasteiger partial charge in [-0.2, -0.15) is 0 Å². The summed E-state index contributed by atoms with van der Waals surface area (Å²) in [5.41, 5.74) is 0. The third-order valence-corrected chi connectivity index (χ3v) is 15.9. The van der Waals surface area contributed by atoms with Crippen molar-refractivity contribution in [3.8, 4) is 0 Å². The first-order valence-corrected chi connectivity index (χ1v) is 33.7. The Hall–Kier alpha value is -1.02. The van der Waals surface area contributed by atoms with Gasteiger partial charge in [0.2, 0.25) is 5.91 Å². The van der Waals surface area contributed by atoms with E-state index in [-0.39, 0.29) is 19.1 Å². The molecule has 0 aliphatic heterocycles. The summed E-state index contributed by atoms with van der Waals surface area (Å²) < 4.78 is 23.7. The lowest BCUT2D eigenvalue weighted by Gasteiger charge is -2.25. The summed E-state index contributed by atoms with van der Waals surface area (Å²) in [5.74, 6) is -0.171. The molecule has 9 heteroatoms. The van der Waals surface area contributed by atoms with Crippen LogP contribution in [0.2, 0.25) is 0 Å². The zero-order chi connectivity index (χ0) is 53.5. The molecule has 8 nitrogen and oxygen atoms in total. The third kappa shape index (κ3) is 58.5. The predicted octanol–water partition coefficient (Wildman–Crippen LogP) is 19.9. The first kappa shape index (κ1) is 72.0. The minimum atomic E-state index is -4.34. The molecule has 0 bridgehead atoms. The molecular formula is C64H128N2O6P+. The number of likely N-dealkylation sites (N-methyl/N-ethyl adjacent to an activating group) is 1. The van der Waals surface area contributed by atoms with Gasteiger partial charge < -0.3 is 19.8 Å². The molecule has 0 aliphatic rings. The highest BCUT2D eigenvalue weighted by Gasteiger charge is 2.28. The fraction of sp³-hybridized carbons (Fsp3) is 0.922. The third-order valence-electron chi connectivity index (χ3n) is 14.9. The lowest BCUT2D eigenvalue weighted by atomic mass is 10.0. The predicted molar refractivity (Wildman–Crippen MR) is 318 cm³/mol. The number of phosphoric acid groups is 1. The lowest BCUT2D eigenvalue weighted by molar-refractivity contribution is -0.870. The molecule has 0 aromatic heterocycles. The first-order chi connectivity index (χ1) is 35.5. The van der Waals surface area contributed by atoms with Gasteiger partial charge in [-0.3, -0.25) is 13.8 Å². The number of hydrogen-bond acceptors (Lipinski definition) is 5. The molecular weight excluding hydrogens is 924 g/mol.